The standard InChI is InChI=1S/C24H25N3O2S/c1-16(30-23-26-25-22(29-23)14-17-10-6-5-7-11-17)20(28)15-21-24(2,3)18-12-8-9-13-19(18)27(21)4/h5-13,15-16H,14H2,1-4H3/b21-15+/t16-/m1/s1. The maximum absolute atomic E-state index is 13.0. The Morgan fingerprint density at radius 3 is 2.57 bits per heavy atom. The van der Waals surface area contributed by atoms with Gasteiger partial charge in [-0.25, -0.2) is 0 Å². The van der Waals surface area contributed by atoms with Gasteiger partial charge in [0.05, 0.1) is 11.7 Å². The summed E-state index contributed by atoms with van der Waals surface area (Å²) in [4.78, 5) is 15.1. The largest absolute Gasteiger partial charge is 0.416 e. The average Bonchev–Trinajstić information content (AvgIpc) is 3.25. The molecule has 0 saturated heterocycles. The van der Waals surface area contributed by atoms with Crippen molar-refractivity contribution in [2.24, 2.45) is 0 Å². The van der Waals surface area contributed by atoms with Gasteiger partial charge in [0.2, 0.25) is 5.89 Å². The minimum Gasteiger partial charge on any atom is -0.416 e. The van der Waals surface area contributed by atoms with E-state index in [1.54, 1.807) is 6.08 Å². The third-order valence-corrected chi connectivity index (χ3v) is 6.50. The quantitative estimate of drug-likeness (QED) is 0.413. The maximum atomic E-state index is 13.0. The molecule has 30 heavy (non-hydrogen) atoms. The van der Waals surface area contributed by atoms with E-state index in [1.165, 1.54) is 17.3 Å². The van der Waals surface area contributed by atoms with Gasteiger partial charge in [-0.05, 0) is 24.1 Å². The number of fused-ring (bicyclic) bond motifs is 1. The monoisotopic (exact) mass is 419 g/mol. The van der Waals surface area contributed by atoms with Gasteiger partial charge in [-0.2, -0.15) is 0 Å². The Morgan fingerprint density at radius 1 is 1.13 bits per heavy atom. The van der Waals surface area contributed by atoms with E-state index < -0.39 is 0 Å². The minimum atomic E-state index is -0.324. The lowest BCUT2D eigenvalue weighted by atomic mass is 9.83. The summed E-state index contributed by atoms with van der Waals surface area (Å²) in [5.41, 5.74) is 4.26. The van der Waals surface area contributed by atoms with Gasteiger partial charge >= 0.3 is 0 Å². The van der Waals surface area contributed by atoms with E-state index in [1.807, 2.05) is 56.4 Å². The summed E-state index contributed by atoms with van der Waals surface area (Å²) >= 11 is 1.30. The molecule has 6 heteroatoms. The van der Waals surface area contributed by atoms with E-state index in [2.05, 4.69) is 41.1 Å². The molecule has 3 aromatic rings. The van der Waals surface area contributed by atoms with Crippen molar-refractivity contribution < 1.29 is 9.21 Å². The van der Waals surface area contributed by atoms with Gasteiger partial charge < -0.3 is 9.32 Å². The number of likely N-dealkylation sites (N-methyl/N-ethyl adjacent to an activating group) is 1. The number of carbonyl (C=O) groups is 1. The van der Waals surface area contributed by atoms with Crippen LogP contribution in [-0.4, -0.2) is 28.3 Å². The number of carbonyl (C=O) groups excluding carboxylic acids is 1. The fourth-order valence-electron chi connectivity index (χ4n) is 3.85. The van der Waals surface area contributed by atoms with Gasteiger partial charge in [0.25, 0.3) is 5.22 Å². The van der Waals surface area contributed by atoms with Crippen LogP contribution in [0.25, 0.3) is 0 Å². The highest BCUT2D eigenvalue weighted by Gasteiger charge is 2.38. The van der Waals surface area contributed by atoms with E-state index >= 15 is 0 Å². The third kappa shape index (κ3) is 3.92. The van der Waals surface area contributed by atoms with Crippen molar-refractivity contribution in [1.29, 1.82) is 0 Å². The van der Waals surface area contributed by atoms with Crippen molar-refractivity contribution in [2.75, 3.05) is 11.9 Å². The predicted octanol–water partition coefficient (Wildman–Crippen LogP) is 5.02. The van der Waals surface area contributed by atoms with Crippen LogP contribution in [0.15, 0.2) is 76.0 Å². The van der Waals surface area contributed by atoms with Crippen LogP contribution in [0.4, 0.5) is 5.69 Å². The van der Waals surface area contributed by atoms with Gasteiger partial charge in [0, 0.05) is 29.9 Å². The fraction of sp³-hybridized carbons (Fsp3) is 0.292. The summed E-state index contributed by atoms with van der Waals surface area (Å²) in [6.45, 7) is 6.18. The summed E-state index contributed by atoms with van der Waals surface area (Å²) < 4.78 is 5.75. The molecule has 0 saturated carbocycles. The lowest BCUT2D eigenvalue weighted by Crippen LogP contribution is -2.25. The lowest BCUT2D eigenvalue weighted by molar-refractivity contribution is -0.114. The number of rotatable bonds is 6. The molecule has 4 rings (SSSR count). The second-order valence-corrected chi connectivity index (χ2v) is 9.31. The first kappa shape index (κ1) is 20.4. The number of ketones is 1. The molecule has 1 aliphatic heterocycles. The normalized spacial score (nSPS) is 17.2. The van der Waals surface area contributed by atoms with Gasteiger partial charge in [0.1, 0.15) is 0 Å². The second-order valence-electron chi connectivity index (χ2n) is 8.02. The SMILES string of the molecule is C[C@@H](Sc1nnc(Cc2ccccc2)o1)C(=O)/C=C1/N(C)c2ccccc2C1(C)C. The summed E-state index contributed by atoms with van der Waals surface area (Å²) in [6.07, 6.45) is 2.34. The molecule has 0 unspecified atom stereocenters. The Kier molecular flexibility index (Phi) is 5.52. The van der Waals surface area contributed by atoms with Crippen molar-refractivity contribution in [2.45, 2.75) is 43.1 Å². The number of hydrogen-bond donors (Lipinski definition) is 0. The van der Waals surface area contributed by atoms with Gasteiger partial charge in [-0.3, -0.25) is 4.79 Å². The molecular weight excluding hydrogens is 394 g/mol. The molecule has 0 bridgehead atoms. The molecule has 2 aromatic carbocycles. The van der Waals surface area contributed by atoms with Crippen LogP contribution in [0, 0.1) is 0 Å². The molecule has 0 N–H and O–H groups in total. The predicted molar refractivity (Wildman–Crippen MR) is 120 cm³/mol. The van der Waals surface area contributed by atoms with Crippen molar-refractivity contribution in [3.8, 4) is 0 Å². The van der Waals surface area contributed by atoms with E-state index in [0.29, 0.717) is 17.5 Å². The Hall–Kier alpha value is -2.86. The molecule has 154 valence electrons. The van der Waals surface area contributed by atoms with Crippen molar-refractivity contribution in [3.63, 3.8) is 0 Å². The highest BCUT2D eigenvalue weighted by molar-refractivity contribution is 8.00. The Labute approximate surface area is 181 Å². The molecule has 0 amide bonds. The third-order valence-electron chi connectivity index (χ3n) is 5.54. The number of nitrogens with zero attached hydrogens (tertiary/aromatic N) is 3. The van der Waals surface area contributed by atoms with Crippen LogP contribution >= 0.6 is 11.8 Å². The van der Waals surface area contributed by atoms with Crippen LogP contribution in [-0.2, 0) is 16.6 Å². The number of hydrogen-bond acceptors (Lipinski definition) is 6. The first-order chi connectivity index (χ1) is 14.4. The Morgan fingerprint density at radius 2 is 1.83 bits per heavy atom. The number of para-hydroxylation sites is 1. The molecule has 2 heterocycles. The molecule has 0 aliphatic carbocycles. The topological polar surface area (TPSA) is 59.2 Å². The van der Waals surface area contributed by atoms with Crippen molar-refractivity contribution in [1.82, 2.24) is 10.2 Å². The highest BCUT2D eigenvalue weighted by atomic mass is 32.2. The number of allylic oxidation sites excluding steroid dienone is 2. The number of thioether (sulfide) groups is 1. The molecule has 1 aromatic heterocycles. The second kappa shape index (κ2) is 8.11. The van der Waals surface area contributed by atoms with E-state index in [9.17, 15) is 4.79 Å². The van der Waals surface area contributed by atoms with Gasteiger partial charge in [-0.1, -0.05) is 74.1 Å². The molecule has 0 radical (unpaired) electrons. The zero-order valence-corrected chi connectivity index (χ0v) is 18.4. The first-order valence-electron chi connectivity index (χ1n) is 9.98. The van der Waals surface area contributed by atoms with Crippen LogP contribution in [0.2, 0.25) is 0 Å². The first-order valence-corrected chi connectivity index (χ1v) is 10.9. The van der Waals surface area contributed by atoms with E-state index in [0.717, 1.165) is 16.9 Å². The lowest BCUT2D eigenvalue weighted by Gasteiger charge is -2.24. The van der Waals surface area contributed by atoms with Crippen molar-refractivity contribution >= 4 is 23.2 Å². The zero-order chi connectivity index (χ0) is 21.3. The number of aromatic nitrogens is 2. The Balaban J connectivity index is 1.46. The highest BCUT2D eigenvalue weighted by Crippen LogP contribution is 2.46. The molecule has 1 aliphatic rings. The number of anilines is 1. The smallest absolute Gasteiger partial charge is 0.277 e. The molecule has 0 spiro atoms. The maximum Gasteiger partial charge on any atom is 0.277 e. The van der Waals surface area contributed by atoms with Gasteiger partial charge in [0.15, 0.2) is 5.78 Å². The Bertz CT molecular complexity index is 1090. The van der Waals surface area contributed by atoms with E-state index in [-0.39, 0.29) is 16.4 Å². The van der Waals surface area contributed by atoms with Crippen molar-refractivity contribution in [3.05, 3.63) is 83.4 Å². The summed E-state index contributed by atoms with van der Waals surface area (Å²) in [5, 5.41) is 8.32. The van der Waals surface area contributed by atoms with Crippen LogP contribution < -0.4 is 4.90 Å². The zero-order valence-electron chi connectivity index (χ0n) is 17.6. The van der Waals surface area contributed by atoms with Crippen LogP contribution in [0.1, 0.15) is 37.8 Å². The fourth-order valence-corrected chi connectivity index (χ4v) is 4.57. The molecule has 5 nitrogen and oxygen atoms in total. The van der Waals surface area contributed by atoms with E-state index in [4.69, 9.17) is 4.42 Å². The van der Waals surface area contributed by atoms with Gasteiger partial charge in [-0.15, -0.1) is 10.2 Å². The average molecular weight is 420 g/mol. The summed E-state index contributed by atoms with van der Waals surface area (Å²) in [5.74, 6) is 0.583. The number of benzene rings is 2. The minimum absolute atomic E-state index is 0.0329. The van der Waals surface area contributed by atoms with Crippen LogP contribution in [0.3, 0.4) is 0 Å². The molecule has 1 atom stereocenters. The molecular formula is C24H25N3O2S. The summed E-state index contributed by atoms with van der Waals surface area (Å²) in [7, 11) is 2.01. The summed E-state index contributed by atoms with van der Waals surface area (Å²) in [6, 6.07) is 18.3. The van der Waals surface area contributed by atoms with Crippen LogP contribution in [0.5, 0.6) is 0 Å². The molecule has 0 fully saturated rings.